The van der Waals surface area contributed by atoms with E-state index in [1.165, 1.54) is 0 Å². The molecule has 14 heavy (non-hydrogen) atoms. The number of carboxylic acid groups (broad SMARTS) is 1. The number of carbonyl (C=O) groups is 1. The van der Waals surface area contributed by atoms with Crippen LogP contribution in [0.15, 0.2) is 12.2 Å². The molecule has 2 N–H and O–H groups in total. The molecule has 3 nitrogen and oxygen atoms in total. The second-order valence-corrected chi connectivity index (χ2v) is 3.23. The summed E-state index contributed by atoms with van der Waals surface area (Å²) in [5.74, 6) is -0.878. The van der Waals surface area contributed by atoms with E-state index in [0.29, 0.717) is 19.3 Å². The van der Waals surface area contributed by atoms with Gasteiger partial charge in [0.1, 0.15) is 0 Å². The summed E-state index contributed by atoms with van der Waals surface area (Å²) in [4.78, 5) is 10.2. The summed E-state index contributed by atoms with van der Waals surface area (Å²) in [7, 11) is 0. The van der Waals surface area contributed by atoms with Crippen molar-refractivity contribution >= 4 is 5.97 Å². The Morgan fingerprint density at radius 2 is 2.21 bits per heavy atom. The molecule has 0 amide bonds. The van der Waals surface area contributed by atoms with Crippen molar-refractivity contribution in [2.24, 2.45) is 0 Å². The second kappa shape index (κ2) is 8.75. The van der Waals surface area contributed by atoms with E-state index in [1.54, 1.807) is 0 Å². The van der Waals surface area contributed by atoms with Crippen LogP contribution in [0.5, 0.6) is 0 Å². The quantitative estimate of drug-likeness (QED) is 0.593. The van der Waals surface area contributed by atoms with Crippen LogP contribution in [0.3, 0.4) is 0 Å². The van der Waals surface area contributed by atoms with E-state index in [0.717, 1.165) is 6.42 Å². The summed E-state index contributed by atoms with van der Waals surface area (Å²) in [5.41, 5.74) is 0. The van der Waals surface area contributed by atoms with Crippen LogP contribution < -0.4 is 0 Å². The number of hydrogen-bond acceptors (Lipinski definition) is 2. The van der Waals surface area contributed by atoms with E-state index in [2.05, 4.69) is 0 Å². The summed E-state index contributed by atoms with van der Waals surface area (Å²) in [6.45, 7) is 2.02. The predicted octanol–water partition coefficient (Wildman–Crippen LogP) is 2.35. The van der Waals surface area contributed by atoms with Gasteiger partial charge in [-0.1, -0.05) is 19.1 Å². The lowest BCUT2D eigenvalue weighted by atomic mass is 10.1. The molecule has 1 atom stereocenters. The topological polar surface area (TPSA) is 57.5 Å². The molecule has 0 radical (unpaired) electrons. The predicted molar refractivity (Wildman–Crippen MR) is 56.2 cm³/mol. The SMILES string of the molecule is [2H]C(O)(CCC=CCC)CCCC(=O)O. The minimum Gasteiger partial charge on any atom is -0.481 e. The third-order valence-corrected chi connectivity index (χ3v) is 1.86. The number of allylic oxidation sites excluding steroid dienone is 2. The molecule has 3 heteroatoms. The van der Waals surface area contributed by atoms with E-state index < -0.39 is 12.0 Å². The smallest absolute Gasteiger partial charge is 0.303 e. The van der Waals surface area contributed by atoms with Gasteiger partial charge in [-0.3, -0.25) is 4.79 Å². The van der Waals surface area contributed by atoms with E-state index in [9.17, 15) is 9.90 Å². The van der Waals surface area contributed by atoms with Crippen molar-refractivity contribution in [3.63, 3.8) is 0 Å². The molecule has 82 valence electrons. The fraction of sp³-hybridized carbons (Fsp3) is 0.727. The van der Waals surface area contributed by atoms with Gasteiger partial charge in [-0.2, -0.15) is 0 Å². The molecule has 0 saturated carbocycles. The molecular formula is C11H20O3. The van der Waals surface area contributed by atoms with Crippen LogP contribution in [0.25, 0.3) is 0 Å². The lowest BCUT2D eigenvalue weighted by Crippen LogP contribution is -2.06. The van der Waals surface area contributed by atoms with Crippen LogP contribution in [0.4, 0.5) is 0 Å². The number of carboxylic acids is 1. The lowest BCUT2D eigenvalue weighted by Gasteiger charge is -2.07. The van der Waals surface area contributed by atoms with E-state index in [4.69, 9.17) is 6.48 Å². The van der Waals surface area contributed by atoms with Crippen LogP contribution in [0.2, 0.25) is 0 Å². The Labute approximate surface area is 86.9 Å². The molecule has 0 bridgehead atoms. The third-order valence-electron chi connectivity index (χ3n) is 1.86. The Morgan fingerprint density at radius 1 is 1.50 bits per heavy atom. The fourth-order valence-corrected chi connectivity index (χ4v) is 1.10. The molecule has 0 aromatic carbocycles. The first kappa shape index (κ1) is 11.2. The Morgan fingerprint density at radius 3 is 2.79 bits per heavy atom. The molecule has 0 aliphatic carbocycles. The van der Waals surface area contributed by atoms with Crippen molar-refractivity contribution in [2.45, 2.75) is 51.5 Å². The lowest BCUT2D eigenvalue weighted by molar-refractivity contribution is -0.137. The summed E-state index contributed by atoms with van der Waals surface area (Å²) < 4.78 is 7.53. The first-order valence-electron chi connectivity index (χ1n) is 5.57. The first-order chi connectivity index (χ1) is 6.98. The average molecular weight is 201 g/mol. The average Bonchev–Trinajstić information content (AvgIpc) is 2.11. The Balaban J connectivity index is 3.66. The molecule has 0 aromatic heterocycles. The van der Waals surface area contributed by atoms with Gasteiger partial charge in [-0.25, -0.2) is 0 Å². The molecule has 0 rings (SSSR count). The number of aliphatic carboxylic acids is 1. The monoisotopic (exact) mass is 201 g/mol. The van der Waals surface area contributed by atoms with Crippen LogP contribution in [-0.2, 0) is 4.79 Å². The molecule has 0 aromatic rings. The summed E-state index contributed by atoms with van der Waals surface area (Å²) in [6, 6.07) is 0. The Kier molecular flexibility index (Phi) is 7.03. The zero-order chi connectivity index (χ0) is 11.7. The molecule has 1 unspecified atom stereocenters. The summed E-state index contributed by atoms with van der Waals surface area (Å²) in [6.07, 6.45) is 5.04. The minimum atomic E-state index is -1.48. The van der Waals surface area contributed by atoms with Crippen molar-refractivity contribution in [1.82, 2.24) is 0 Å². The van der Waals surface area contributed by atoms with Crippen LogP contribution in [0, 0.1) is 0 Å². The van der Waals surface area contributed by atoms with Crippen molar-refractivity contribution in [3.8, 4) is 0 Å². The standard InChI is InChI=1S/C11H20O3/c1-2-3-4-5-7-10(12)8-6-9-11(13)14/h3-4,10,12H,2,5-9H2,1H3,(H,13,14)/i10D. The molecule has 0 aliphatic rings. The van der Waals surface area contributed by atoms with E-state index in [-0.39, 0.29) is 12.8 Å². The molecular weight excluding hydrogens is 180 g/mol. The zero-order valence-corrected chi connectivity index (χ0v) is 8.70. The normalized spacial score (nSPS) is 16.6. The highest BCUT2D eigenvalue weighted by atomic mass is 16.4. The van der Waals surface area contributed by atoms with Crippen LogP contribution >= 0.6 is 0 Å². The van der Waals surface area contributed by atoms with Crippen molar-refractivity contribution in [2.75, 3.05) is 0 Å². The maximum absolute atomic E-state index is 10.2. The highest BCUT2D eigenvalue weighted by Crippen LogP contribution is 2.07. The van der Waals surface area contributed by atoms with Gasteiger partial charge in [-0.05, 0) is 32.1 Å². The number of hydrogen-bond donors (Lipinski definition) is 2. The van der Waals surface area contributed by atoms with Crippen molar-refractivity contribution in [1.29, 1.82) is 0 Å². The maximum atomic E-state index is 10.2. The van der Waals surface area contributed by atoms with Gasteiger partial charge < -0.3 is 10.2 Å². The van der Waals surface area contributed by atoms with Gasteiger partial charge in [0.05, 0.1) is 7.45 Å². The zero-order valence-electron chi connectivity index (χ0n) is 9.70. The summed E-state index contributed by atoms with van der Waals surface area (Å²) >= 11 is 0. The van der Waals surface area contributed by atoms with Gasteiger partial charge in [0, 0.05) is 6.42 Å². The molecule has 0 spiro atoms. The highest BCUT2D eigenvalue weighted by Gasteiger charge is 2.04. The van der Waals surface area contributed by atoms with Gasteiger partial charge in [-0.15, -0.1) is 0 Å². The van der Waals surface area contributed by atoms with Crippen LogP contribution in [0.1, 0.15) is 46.8 Å². The van der Waals surface area contributed by atoms with Gasteiger partial charge in [0.15, 0.2) is 0 Å². The van der Waals surface area contributed by atoms with Gasteiger partial charge in [0.2, 0.25) is 0 Å². The molecule has 0 saturated heterocycles. The highest BCUT2D eigenvalue weighted by molar-refractivity contribution is 5.66. The van der Waals surface area contributed by atoms with Crippen LogP contribution in [-0.4, -0.2) is 22.3 Å². The maximum Gasteiger partial charge on any atom is 0.303 e. The second-order valence-electron chi connectivity index (χ2n) is 3.23. The van der Waals surface area contributed by atoms with Crippen molar-refractivity contribution < 1.29 is 16.4 Å². The van der Waals surface area contributed by atoms with E-state index in [1.807, 2.05) is 19.1 Å². The number of rotatable bonds is 8. The Hall–Kier alpha value is -0.830. The summed E-state index contributed by atoms with van der Waals surface area (Å²) in [5, 5.41) is 18.0. The van der Waals surface area contributed by atoms with Gasteiger partial charge in [0.25, 0.3) is 0 Å². The first-order valence-corrected chi connectivity index (χ1v) is 5.07. The molecule has 0 heterocycles. The fourth-order valence-electron chi connectivity index (χ4n) is 1.10. The Bertz CT molecular complexity index is 212. The van der Waals surface area contributed by atoms with Crippen molar-refractivity contribution in [3.05, 3.63) is 12.2 Å². The molecule has 0 fully saturated rings. The third kappa shape index (κ3) is 9.26. The largest absolute Gasteiger partial charge is 0.481 e. The minimum absolute atomic E-state index is 0.0198. The van der Waals surface area contributed by atoms with E-state index >= 15 is 0 Å². The number of aliphatic hydroxyl groups is 1. The molecule has 0 aliphatic heterocycles. The van der Waals surface area contributed by atoms with Gasteiger partial charge >= 0.3 is 5.97 Å².